The Kier molecular flexibility index (Phi) is 6.67. The van der Waals surface area contributed by atoms with Gasteiger partial charge in [0.2, 0.25) is 5.91 Å². The smallest absolute Gasteiger partial charge is 0.305 e. The minimum Gasteiger partial charge on any atom is -0.466 e. The summed E-state index contributed by atoms with van der Waals surface area (Å²) in [6.45, 7) is 4.76. The van der Waals surface area contributed by atoms with Crippen LogP contribution < -0.4 is 11.1 Å². The Morgan fingerprint density at radius 3 is 2.89 bits per heavy atom. The molecule has 6 nitrogen and oxygen atoms in total. The summed E-state index contributed by atoms with van der Waals surface area (Å²) in [4.78, 5) is 24.7. The van der Waals surface area contributed by atoms with Crippen LogP contribution in [0.4, 0.5) is 0 Å². The molecule has 18 heavy (non-hydrogen) atoms. The monoisotopic (exact) mass is 257 g/mol. The van der Waals surface area contributed by atoms with E-state index in [9.17, 15) is 9.59 Å². The second-order valence-corrected chi connectivity index (χ2v) is 4.54. The molecule has 0 aliphatic carbocycles. The van der Waals surface area contributed by atoms with Crippen molar-refractivity contribution in [3.63, 3.8) is 0 Å². The van der Waals surface area contributed by atoms with E-state index in [4.69, 9.17) is 10.5 Å². The molecule has 6 heteroatoms. The highest BCUT2D eigenvalue weighted by Gasteiger charge is 2.20. The van der Waals surface area contributed by atoms with Gasteiger partial charge in [0.1, 0.15) is 0 Å². The molecule has 104 valence electrons. The van der Waals surface area contributed by atoms with Crippen molar-refractivity contribution in [2.75, 3.05) is 32.8 Å². The van der Waals surface area contributed by atoms with E-state index in [1.165, 1.54) is 0 Å². The second-order valence-electron chi connectivity index (χ2n) is 4.54. The van der Waals surface area contributed by atoms with E-state index in [1.54, 1.807) is 6.92 Å². The van der Waals surface area contributed by atoms with E-state index in [0.717, 1.165) is 19.5 Å². The second kappa shape index (κ2) is 8.05. The highest BCUT2D eigenvalue weighted by molar-refractivity contribution is 5.78. The maximum Gasteiger partial charge on any atom is 0.305 e. The molecule has 1 saturated heterocycles. The first-order valence-electron chi connectivity index (χ1n) is 6.52. The van der Waals surface area contributed by atoms with Gasteiger partial charge in [0.25, 0.3) is 0 Å². The van der Waals surface area contributed by atoms with Gasteiger partial charge in [-0.25, -0.2) is 0 Å². The molecule has 0 saturated carbocycles. The number of hydrogen-bond donors (Lipinski definition) is 2. The topological polar surface area (TPSA) is 84.7 Å². The van der Waals surface area contributed by atoms with Gasteiger partial charge in [0.05, 0.1) is 13.2 Å². The van der Waals surface area contributed by atoms with Crippen molar-refractivity contribution in [1.29, 1.82) is 0 Å². The summed E-state index contributed by atoms with van der Waals surface area (Å²) in [6.07, 6.45) is 1.92. The summed E-state index contributed by atoms with van der Waals surface area (Å²) < 4.78 is 4.79. The van der Waals surface area contributed by atoms with Crippen LogP contribution >= 0.6 is 0 Å². The molecule has 0 radical (unpaired) electrons. The molecule has 1 atom stereocenters. The zero-order valence-electron chi connectivity index (χ0n) is 11.0. The molecule has 1 rings (SSSR count). The molecule has 0 aromatic heterocycles. The SMILES string of the molecule is CCOC(=O)CCCNC(=O)CN1CC[C@@H](N)C1. The van der Waals surface area contributed by atoms with Gasteiger partial charge in [-0.1, -0.05) is 0 Å². The third-order valence-electron chi connectivity index (χ3n) is 2.86. The number of hydrogen-bond acceptors (Lipinski definition) is 5. The van der Waals surface area contributed by atoms with Crippen molar-refractivity contribution in [3.8, 4) is 0 Å². The number of nitrogens with zero attached hydrogens (tertiary/aromatic N) is 1. The Bertz CT molecular complexity index is 284. The lowest BCUT2D eigenvalue weighted by atomic mass is 10.3. The lowest BCUT2D eigenvalue weighted by Crippen LogP contribution is -2.37. The van der Waals surface area contributed by atoms with Crippen molar-refractivity contribution in [1.82, 2.24) is 10.2 Å². The fraction of sp³-hybridized carbons (Fsp3) is 0.833. The number of nitrogens with two attached hydrogens (primary N) is 1. The fourth-order valence-corrected chi connectivity index (χ4v) is 1.96. The summed E-state index contributed by atoms with van der Waals surface area (Å²) in [5.74, 6) is -0.217. The number of nitrogens with one attached hydrogen (secondary N) is 1. The largest absolute Gasteiger partial charge is 0.466 e. The maximum atomic E-state index is 11.6. The quantitative estimate of drug-likeness (QED) is 0.473. The van der Waals surface area contributed by atoms with Gasteiger partial charge in [0, 0.05) is 32.1 Å². The van der Waals surface area contributed by atoms with Gasteiger partial charge >= 0.3 is 5.97 Å². The first kappa shape index (κ1) is 14.9. The predicted molar refractivity (Wildman–Crippen MR) is 67.9 cm³/mol. The third kappa shape index (κ3) is 5.97. The third-order valence-corrected chi connectivity index (χ3v) is 2.86. The van der Waals surface area contributed by atoms with Crippen molar-refractivity contribution in [2.24, 2.45) is 5.73 Å². The molecular formula is C12H23N3O3. The van der Waals surface area contributed by atoms with Gasteiger partial charge in [0.15, 0.2) is 0 Å². The van der Waals surface area contributed by atoms with Gasteiger partial charge in [-0.05, 0) is 19.8 Å². The Morgan fingerprint density at radius 1 is 1.50 bits per heavy atom. The molecule has 0 aromatic carbocycles. The molecule has 3 N–H and O–H groups in total. The summed E-state index contributed by atoms with van der Waals surface area (Å²) in [5.41, 5.74) is 5.76. The van der Waals surface area contributed by atoms with Gasteiger partial charge in [-0.2, -0.15) is 0 Å². The summed E-state index contributed by atoms with van der Waals surface area (Å²) >= 11 is 0. The fourth-order valence-electron chi connectivity index (χ4n) is 1.96. The zero-order valence-corrected chi connectivity index (χ0v) is 11.0. The number of rotatable bonds is 7. The Morgan fingerprint density at radius 2 is 2.28 bits per heavy atom. The average Bonchev–Trinajstić information content (AvgIpc) is 2.70. The normalized spacial score (nSPS) is 19.8. The molecule has 1 aliphatic rings. The zero-order chi connectivity index (χ0) is 13.4. The Labute approximate surface area is 108 Å². The molecule has 1 amide bonds. The number of likely N-dealkylation sites (tertiary alicyclic amines) is 1. The molecule has 0 unspecified atom stereocenters. The van der Waals surface area contributed by atoms with Crippen LogP contribution in [0.15, 0.2) is 0 Å². The van der Waals surface area contributed by atoms with Crippen molar-refractivity contribution in [3.05, 3.63) is 0 Å². The van der Waals surface area contributed by atoms with Gasteiger partial charge in [-0.15, -0.1) is 0 Å². The van der Waals surface area contributed by atoms with E-state index in [2.05, 4.69) is 5.32 Å². The van der Waals surface area contributed by atoms with E-state index >= 15 is 0 Å². The number of carbonyl (C=O) groups is 2. The maximum absolute atomic E-state index is 11.6. The molecular weight excluding hydrogens is 234 g/mol. The van der Waals surface area contributed by atoms with E-state index < -0.39 is 0 Å². The average molecular weight is 257 g/mol. The number of ether oxygens (including phenoxy) is 1. The van der Waals surface area contributed by atoms with Crippen LogP contribution in [0.1, 0.15) is 26.2 Å². The van der Waals surface area contributed by atoms with E-state index in [-0.39, 0.29) is 17.9 Å². The molecule has 0 aromatic rings. The lowest BCUT2D eigenvalue weighted by molar-refractivity contribution is -0.143. The molecule has 0 spiro atoms. The minimum atomic E-state index is -0.211. The lowest BCUT2D eigenvalue weighted by Gasteiger charge is -2.14. The van der Waals surface area contributed by atoms with Gasteiger partial charge in [-0.3, -0.25) is 14.5 Å². The molecule has 0 bridgehead atoms. The summed E-state index contributed by atoms with van der Waals surface area (Å²) in [6, 6.07) is 0.196. The highest BCUT2D eigenvalue weighted by Crippen LogP contribution is 2.05. The highest BCUT2D eigenvalue weighted by atomic mass is 16.5. The van der Waals surface area contributed by atoms with Crippen LogP contribution in [0, 0.1) is 0 Å². The number of esters is 1. The molecule has 1 aliphatic heterocycles. The Balaban J connectivity index is 2.01. The van der Waals surface area contributed by atoms with Crippen molar-refractivity contribution in [2.45, 2.75) is 32.2 Å². The number of amides is 1. The first-order valence-corrected chi connectivity index (χ1v) is 6.52. The van der Waals surface area contributed by atoms with Crippen molar-refractivity contribution < 1.29 is 14.3 Å². The number of carbonyl (C=O) groups excluding carboxylic acids is 2. The summed E-state index contributed by atoms with van der Waals surface area (Å²) in [7, 11) is 0. The molecule has 1 heterocycles. The van der Waals surface area contributed by atoms with Crippen LogP contribution in [0.25, 0.3) is 0 Å². The van der Waals surface area contributed by atoms with Crippen LogP contribution in [-0.2, 0) is 14.3 Å². The Hall–Kier alpha value is -1.14. The van der Waals surface area contributed by atoms with Crippen LogP contribution in [0.3, 0.4) is 0 Å². The van der Waals surface area contributed by atoms with Crippen LogP contribution in [-0.4, -0.2) is 55.6 Å². The van der Waals surface area contributed by atoms with Gasteiger partial charge < -0.3 is 15.8 Å². The standard InChI is InChI=1S/C12H23N3O3/c1-2-18-12(17)4-3-6-14-11(16)9-15-7-5-10(13)8-15/h10H,2-9,13H2,1H3,(H,14,16)/t10-/m1/s1. The van der Waals surface area contributed by atoms with E-state index in [1.807, 2.05) is 4.90 Å². The van der Waals surface area contributed by atoms with Crippen LogP contribution in [0.2, 0.25) is 0 Å². The predicted octanol–water partition coefficient (Wildman–Crippen LogP) is -0.521. The minimum absolute atomic E-state index is 0.00652. The van der Waals surface area contributed by atoms with E-state index in [0.29, 0.717) is 32.5 Å². The summed E-state index contributed by atoms with van der Waals surface area (Å²) in [5, 5.41) is 2.79. The first-order chi connectivity index (χ1) is 8.61. The van der Waals surface area contributed by atoms with Crippen LogP contribution in [0.5, 0.6) is 0 Å². The van der Waals surface area contributed by atoms with Crippen molar-refractivity contribution >= 4 is 11.9 Å². The molecule has 1 fully saturated rings.